The van der Waals surface area contributed by atoms with Crippen molar-refractivity contribution >= 4 is 23.7 Å². The molecule has 266 valence electrons. The van der Waals surface area contributed by atoms with Crippen molar-refractivity contribution in [2.75, 3.05) is 51.1 Å². The van der Waals surface area contributed by atoms with E-state index in [0.29, 0.717) is 57.2 Å². The number of fused-ring (bicyclic) bond motifs is 1. The number of alkyl halides is 3. The maximum atomic E-state index is 14.1. The summed E-state index contributed by atoms with van der Waals surface area (Å²) in [5, 5.41) is 6.01. The first kappa shape index (κ1) is 35.0. The van der Waals surface area contributed by atoms with Crippen molar-refractivity contribution in [1.82, 2.24) is 24.9 Å². The number of rotatable bonds is 7. The van der Waals surface area contributed by atoms with Gasteiger partial charge in [-0.1, -0.05) is 43.7 Å². The zero-order chi connectivity index (χ0) is 34.5. The summed E-state index contributed by atoms with van der Waals surface area (Å²) < 4.78 is 40.9. The van der Waals surface area contributed by atoms with Crippen LogP contribution in [0, 0.1) is 0 Å². The maximum absolute atomic E-state index is 14.1. The van der Waals surface area contributed by atoms with Crippen LogP contribution in [0.3, 0.4) is 0 Å². The number of likely N-dealkylation sites (tertiary alicyclic amines) is 3. The van der Waals surface area contributed by atoms with Gasteiger partial charge in [0.1, 0.15) is 6.04 Å². The molecule has 0 aromatic heterocycles. The number of nitrogens with zero attached hydrogens (tertiary/aromatic N) is 4. The minimum absolute atomic E-state index is 0.0170. The zero-order valence-corrected chi connectivity index (χ0v) is 28.4. The van der Waals surface area contributed by atoms with E-state index in [1.54, 1.807) is 11.8 Å². The van der Waals surface area contributed by atoms with Crippen LogP contribution in [0.15, 0.2) is 42.5 Å². The van der Waals surface area contributed by atoms with Gasteiger partial charge in [0.2, 0.25) is 5.91 Å². The molecule has 3 fully saturated rings. The maximum Gasteiger partial charge on any atom is 0.416 e. The first-order valence-electron chi connectivity index (χ1n) is 18.0. The third kappa shape index (κ3) is 8.33. The van der Waals surface area contributed by atoms with E-state index in [0.717, 1.165) is 49.7 Å². The Morgan fingerprint density at radius 3 is 2.24 bits per heavy atom. The van der Waals surface area contributed by atoms with E-state index in [2.05, 4.69) is 15.5 Å². The van der Waals surface area contributed by atoms with Gasteiger partial charge in [0, 0.05) is 56.9 Å². The lowest BCUT2D eigenvalue weighted by atomic mass is 9.96. The van der Waals surface area contributed by atoms with Gasteiger partial charge in [-0.2, -0.15) is 13.2 Å². The SMILES string of the molecule is CCc1cc(C[C@@H](NC(=O)N2CCC(N3CCc4ccccc4NC3=O)CC2)C(=O)N2CCC(N3CCCCC3)CC2)ccc1C(F)(F)F. The summed E-state index contributed by atoms with van der Waals surface area (Å²) in [5.74, 6) is -0.195. The molecule has 12 heteroatoms. The van der Waals surface area contributed by atoms with Crippen LogP contribution in [0.1, 0.15) is 74.1 Å². The molecular weight excluding hydrogens is 633 g/mol. The molecule has 4 aliphatic heterocycles. The summed E-state index contributed by atoms with van der Waals surface area (Å²) in [6, 6.07) is 10.9. The lowest BCUT2D eigenvalue weighted by Crippen LogP contribution is -2.57. The Bertz CT molecular complexity index is 1480. The van der Waals surface area contributed by atoms with Crippen LogP contribution >= 0.6 is 0 Å². The van der Waals surface area contributed by atoms with Crippen molar-refractivity contribution in [3.63, 3.8) is 0 Å². The molecule has 0 bridgehead atoms. The van der Waals surface area contributed by atoms with Crippen molar-refractivity contribution in [2.45, 2.75) is 95.4 Å². The van der Waals surface area contributed by atoms with Crippen LogP contribution in [0.4, 0.5) is 28.4 Å². The summed E-state index contributed by atoms with van der Waals surface area (Å²) in [5.41, 5.74) is 2.01. The van der Waals surface area contributed by atoms with E-state index < -0.39 is 17.8 Å². The molecule has 49 heavy (non-hydrogen) atoms. The first-order valence-corrected chi connectivity index (χ1v) is 18.0. The Labute approximate surface area is 287 Å². The number of hydrogen-bond donors (Lipinski definition) is 2. The van der Waals surface area contributed by atoms with Crippen molar-refractivity contribution in [1.29, 1.82) is 0 Å². The minimum atomic E-state index is -4.46. The highest BCUT2D eigenvalue weighted by atomic mass is 19.4. The highest BCUT2D eigenvalue weighted by Crippen LogP contribution is 2.33. The fourth-order valence-electron chi connectivity index (χ4n) is 8.09. The lowest BCUT2D eigenvalue weighted by molar-refractivity contribution is -0.138. The van der Waals surface area contributed by atoms with Gasteiger partial charge in [-0.05, 0) is 93.3 Å². The van der Waals surface area contributed by atoms with Gasteiger partial charge in [-0.3, -0.25) is 4.79 Å². The smallest absolute Gasteiger partial charge is 0.341 e. The number of hydrogen-bond acceptors (Lipinski definition) is 4. The summed E-state index contributed by atoms with van der Waals surface area (Å²) in [7, 11) is 0. The second kappa shape index (κ2) is 15.4. The molecule has 0 unspecified atom stereocenters. The number of halogens is 3. The number of para-hydroxylation sites is 1. The van der Waals surface area contributed by atoms with Crippen LogP contribution in [-0.2, 0) is 30.2 Å². The predicted molar refractivity (Wildman–Crippen MR) is 182 cm³/mol. The third-order valence-corrected chi connectivity index (χ3v) is 10.9. The Morgan fingerprint density at radius 1 is 0.878 bits per heavy atom. The monoisotopic (exact) mass is 682 g/mol. The van der Waals surface area contributed by atoms with Gasteiger partial charge in [0.25, 0.3) is 0 Å². The number of aryl methyl sites for hydroxylation is 1. The fraction of sp³-hybridized carbons (Fsp3) is 0.595. The summed E-state index contributed by atoms with van der Waals surface area (Å²) in [4.78, 5) is 48.7. The third-order valence-electron chi connectivity index (χ3n) is 10.9. The number of urea groups is 2. The summed E-state index contributed by atoms with van der Waals surface area (Å²) in [6.07, 6.45) is 3.23. The molecule has 0 spiro atoms. The van der Waals surface area contributed by atoms with E-state index in [1.807, 2.05) is 34.1 Å². The molecule has 0 saturated carbocycles. The Morgan fingerprint density at radius 2 is 1.55 bits per heavy atom. The molecule has 2 aromatic rings. The summed E-state index contributed by atoms with van der Waals surface area (Å²) >= 11 is 0. The average Bonchev–Trinajstić information content (AvgIpc) is 3.29. The van der Waals surface area contributed by atoms with Gasteiger partial charge < -0.3 is 30.2 Å². The number of carbonyl (C=O) groups is 3. The van der Waals surface area contributed by atoms with E-state index in [4.69, 9.17) is 0 Å². The van der Waals surface area contributed by atoms with Crippen LogP contribution in [0.2, 0.25) is 0 Å². The highest BCUT2D eigenvalue weighted by molar-refractivity contribution is 5.91. The molecule has 5 amide bonds. The number of anilines is 1. The molecule has 9 nitrogen and oxygen atoms in total. The summed E-state index contributed by atoms with van der Waals surface area (Å²) in [6.45, 7) is 6.50. The van der Waals surface area contributed by atoms with Crippen LogP contribution in [0.25, 0.3) is 0 Å². The van der Waals surface area contributed by atoms with Crippen molar-refractivity contribution < 1.29 is 27.6 Å². The van der Waals surface area contributed by atoms with Crippen molar-refractivity contribution in [3.8, 4) is 0 Å². The number of carbonyl (C=O) groups excluding carboxylic acids is 3. The van der Waals surface area contributed by atoms with Gasteiger partial charge in [-0.25, -0.2) is 9.59 Å². The predicted octanol–water partition coefficient (Wildman–Crippen LogP) is 5.92. The average molecular weight is 683 g/mol. The quantitative estimate of drug-likeness (QED) is 0.380. The Kier molecular flexibility index (Phi) is 11.0. The van der Waals surface area contributed by atoms with Crippen LogP contribution < -0.4 is 10.6 Å². The minimum Gasteiger partial charge on any atom is -0.341 e. The molecule has 4 aliphatic rings. The Balaban J connectivity index is 1.11. The van der Waals surface area contributed by atoms with Gasteiger partial charge in [-0.15, -0.1) is 0 Å². The number of nitrogens with one attached hydrogen (secondary N) is 2. The van der Waals surface area contributed by atoms with E-state index in [9.17, 15) is 27.6 Å². The second-order valence-electron chi connectivity index (χ2n) is 14.0. The lowest BCUT2D eigenvalue weighted by Gasteiger charge is -2.41. The second-order valence-corrected chi connectivity index (χ2v) is 14.0. The van der Waals surface area contributed by atoms with Gasteiger partial charge >= 0.3 is 18.2 Å². The molecule has 2 N–H and O–H groups in total. The first-order chi connectivity index (χ1) is 23.6. The standard InChI is InChI=1S/C37H49F3N6O3/c1-2-27-24-26(10-11-31(27)37(38,39)40)25-33(34(47)44-19-13-29(14-20-44)43-17-6-3-7-18-43)42-35(48)45-21-15-30(16-22-45)46-23-12-28-8-4-5-9-32(28)41-36(46)49/h4-5,8-11,24,29-30,33H,2-3,6-7,12-23,25H2,1H3,(H,41,49)(H,42,48)/t33-/m1/s1. The van der Waals surface area contributed by atoms with Crippen molar-refractivity contribution in [3.05, 3.63) is 64.7 Å². The topological polar surface area (TPSA) is 88.2 Å². The normalized spacial score (nSPS) is 20.7. The molecule has 0 aliphatic carbocycles. The molecule has 4 heterocycles. The van der Waals surface area contributed by atoms with E-state index in [1.165, 1.54) is 31.4 Å². The molecule has 2 aromatic carbocycles. The van der Waals surface area contributed by atoms with Crippen LogP contribution in [0.5, 0.6) is 0 Å². The van der Waals surface area contributed by atoms with E-state index >= 15 is 0 Å². The highest BCUT2D eigenvalue weighted by Gasteiger charge is 2.36. The van der Waals surface area contributed by atoms with E-state index in [-0.39, 0.29) is 42.4 Å². The largest absolute Gasteiger partial charge is 0.416 e. The molecule has 3 saturated heterocycles. The molecular formula is C37H49F3N6O3. The number of piperidine rings is 3. The Hall–Kier alpha value is -3.80. The van der Waals surface area contributed by atoms with Crippen molar-refractivity contribution in [2.24, 2.45) is 0 Å². The van der Waals surface area contributed by atoms with Gasteiger partial charge in [0.15, 0.2) is 0 Å². The molecule has 6 rings (SSSR count). The molecule has 1 atom stereocenters. The van der Waals surface area contributed by atoms with Gasteiger partial charge in [0.05, 0.1) is 5.56 Å². The number of amides is 5. The number of benzene rings is 2. The zero-order valence-electron chi connectivity index (χ0n) is 28.4. The molecule has 0 radical (unpaired) electrons. The van der Waals surface area contributed by atoms with Crippen LogP contribution in [-0.4, -0.2) is 102 Å². The fourth-order valence-corrected chi connectivity index (χ4v) is 8.09.